The summed E-state index contributed by atoms with van der Waals surface area (Å²) in [7, 11) is 0. The molecule has 1 heterocycles. The van der Waals surface area contributed by atoms with Crippen LogP contribution >= 0.6 is 11.6 Å². The molecule has 0 unspecified atom stereocenters. The maximum atomic E-state index is 13.4. The lowest BCUT2D eigenvalue weighted by atomic mass is 10.1. The summed E-state index contributed by atoms with van der Waals surface area (Å²) in [5.74, 6) is -0.208. The van der Waals surface area contributed by atoms with E-state index in [1.807, 2.05) is 38.1 Å². The summed E-state index contributed by atoms with van der Waals surface area (Å²) in [6.45, 7) is 4.34. The van der Waals surface area contributed by atoms with Crippen LogP contribution in [0.1, 0.15) is 64.0 Å². The van der Waals surface area contributed by atoms with Crippen LogP contribution < -0.4 is 27.2 Å². The summed E-state index contributed by atoms with van der Waals surface area (Å²) < 4.78 is 1.36. The van der Waals surface area contributed by atoms with Crippen molar-refractivity contribution in [3.05, 3.63) is 55.7 Å². The molecule has 8 nitrogen and oxygen atoms in total. The smallest absolute Gasteiger partial charge is 0.330 e. The number of hydrogen-bond acceptors (Lipinski definition) is 5. The van der Waals surface area contributed by atoms with E-state index in [9.17, 15) is 14.4 Å². The topological polar surface area (TPSA) is 113 Å². The number of H-pyrrole nitrogens is 1. The van der Waals surface area contributed by atoms with E-state index < -0.39 is 11.2 Å². The molecule has 3 rings (SSSR count). The molecule has 32 heavy (non-hydrogen) atoms. The van der Waals surface area contributed by atoms with E-state index in [4.69, 9.17) is 17.3 Å². The Bertz CT molecular complexity index is 1060. The molecule has 1 aliphatic rings. The van der Waals surface area contributed by atoms with Gasteiger partial charge in [-0.3, -0.25) is 19.1 Å². The van der Waals surface area contributed by atoms with Crippen LogP contribution in [0.3, 0.4) is 0 Å². The van der Waals surface area contributed by atoms with Gasteiger partial charge in [-0.25, -0.2) is 4.79 Å². The second kappa shape index (κ2) is 10.8. The number of nitrogens with two attached hydrogens (primary N) is 1. The van der Waals surface area contributed by atoms with Crippen molar-refractivity contribution in [2.75, 3.05) is 17.2 Å². The third-order valence-electron chi connectivity index (χ3n) is 6.08. The number of carbonyl (C=O) groups excluding carboxylic acids is 1. The van der Waals surface area contributed by atoms with Crippen molar-refractivity contribution >= 4 is 29.0 Å². The lowest BCUT2D eigenvalue weighted by Gasteiger charge is -2.30. The molecule has 1 amide bonds. The highest BCUT2D eigenvalue weighted by molar-refractivity contribution is 6.31. The maximum absolute atomic E-state index is 13.4. The van der Waals surface area contributed by atoms with Crippen LogP contribution in [-0.2, 0) is 11.3 Å². The number of aromatic amines is 1. The lowest BCUT2D eigenvalue weighted by molar-refractivity contribution is -0.118. The van der Waals surface area contributed by atoms with Gasteiger partial charge in [0.05, 0.1) is 6.54 Å². The number of nitrogens with zero attached hydrogens (tertiary/aromatic N) is 2. The van der Waals surface area contributed by atoms with E-state index in [0.29, 0.717) is 11.6 Å². The fraction of sp³-hybridized carbons (Fsp3) is 0.522. The van der Waals surface area contributed by atoms with Crippen molar-refractivity contribution in [3.63, 3.8) is 0 Å². The number of nitrogen functional groups attached to an aromatic ring is 1. The molecule has 4 N–H and O–H groups in total. The summed E-state index contributed by atoms with van der Waals surface area (Å²) >= 11 is 6.28. The van der Waals surface area contributed by atoms with Crippen molar-refractivity contribution in [1.29, 1.82) is 0 Å². The predicted molar refractivity (Wildman–Crippen MR) is 128 cm³/mol. The SMILES string of the molecule is CCCCn1c(N)c(N(C(=O)CN[C@@H](C)c2ccccc2Cl)C2CCCC2)c(=O)[nH]c1=O. The van der Waals surface area contributed by atoms with Crippen LogP contribution in [0.2, 0.25) is 5.02 Å². The Hall–Kier alpha value is -2.58. The standard InChI is InChI=1S/C23H32ClN5O3/c1-3-4-13-28-21(25)20(22(31)27-23(28)32)29(16-9-5-6-10-16)19(30)14-26-15(2)17-11-7-8-12-18(17)24/h7-8,11-12,15-16,26H,3-6,9-10,13-14,25H2,1-2H3,(H,27,31,32)/t15-/m0/s1. The number of amides is 1. The number of nitrogens with one attached hydrogen (secondary N) is 2. The molecule has 1 saturated carbocycles. The highest BCUT2D eigenvalue weighted by atomic mass is 35.5. The summed E-state index contributed by atoms with van der Waals surface area (Å²) in [6, 6.07) is 7.18. The number of carbonyl (C=O) groups is 1. The van der Waals surface area contributed by atoms with E-state index in [0.717, 1.165) is 44.1 Å². The van der Waals surface area contributed by atoms with Gasteiger partial charge < -0.3 is 16.0 Å². The number of unbranched alkanes of at least 4 members (excludes halogenated alkanes) is 1. The number of hydrogen-bond donors (Lipinski definition) is 3. The first-order valence-corrected chi connectivity index (χ1v) is 11.6. The highest BCUT2D eigenvalue weighted by Crippen LogP contribution is 2.29. The number of aromatic nitrogens is 2. The Morgan fingerprint density at radius 3 is 2.66 bits per heavy atom. The van der Waals surface area contributed by atoms with Gasteiger partial charge in [-0.1, -0.05) is 56.0 Å². The monoisotopic (exact) mass is 461 g/mol. The van der Waals surface area contributed by atoms with Crippen LogP contribution in [0.5, 0.6) is 0 Å². The van der Waals surface area contributed by atoms with Gasteiger partial charge in [0.2, 0.25) is 5.91 Å². The van der Waals surface area contributed by atoms with Gasteiger partial charge >= 0.3 is 5.69 Å². The predicted octanol–water partition coefficient (Wildman–Crippen LogP) is 3.20. The van der Waals surface area contributed by atoms with Gasteiger partial charge in [-0.2, -0.15) is 0 Å². The molecule has 2 aromatic rings. The molecule has 1 atom stereocenters. The molecule has 1 aliphatic carbocycles. The van der Waals surface area contributed by atoms with Crippen LogP contribution in [0.4, 0.5) is 11.5 Å². The summed E-state index contributed by atoms with van der Waals surface area (Å²) in [6.07, 6.45) is 5.15. The molecular formula is C23H32ClN5O3. The summed E-state index contributed by atoms with van der Waals surface area (Å²) in [4.78, 5) is 42.4. The molecule has 0 saturated heterocycles. The maximum Gasteiger partial charge on any atom is 0.330 e. The van der Waals surface area contributed by atoms with Crippen molar-refractivity contribution < 1.29 is 4.79 Å². The molecule has 0 spiro atoms. The van der Waals surface area contributed by atoms with Crippen molar-refractivity contribution in [2.45, 2.75) is 71.0 Å². The van der Waals surface area contributed by atoms with Crippen LogP contribution in [0, 0.1) is 0 Å². The minimum atomic E-state index is -0.625. The first kappa shape index (κ1) is 24.1. The van der Waals surface area contributed by atoms with E-state index in [1.54, 1.807) is 0 Å². The fourth-order valence-corrected chi connectivity index (χ4v) is 4.58. The minimum absolute atomic E-state index is 0.00978. The molecule has 9 heteroatoms. The number of rotatable bonds is 9. The first-order chi connectivity index (χ1) is 15.3. The van der Waals surface area contributed by atoms with Gasteiger partial charge in [0.25, 0.3) is 5.56 Å². The number of anilines is 2. The Labute approximate surface area is 192 Å². The Balaban J connectivity index is 1.90. The molecule has 0 radical (unpaired) electrons. The average Bonchev–Trinajstić information content (AvgIpc) is 3.29. The second-order valence-electron chi connectivity index (χ2n) is 8.32. The zero-order valence-electron chi connectivity index (χ0n) is 18.7. The van der Waals surface area contributed by atoms with Gasteiger partial charge in [0.15, 0.2) is 5.69 Å². The Kier molecular flexibility index (Phi) is 8.15. The van der Waals surface area contributed by atoms with Crippen molar-refractivity contribution in [2.24, 2.45) is 0 Å². The minimum Gasteiger partial charge on any atom is -0.383 e. The second-order valence-corrected chi connectivity index (χ2v) is 8.73. The van der Waals surface area contributed by atoms with Gasteiger partial charge in [-0.15, -0.1) is 0 Å². The van der Waals surface area contributed by atoms with Gasteiger partial charge in [0.1, 0.15) is 5.82 Å². The van der Waals surface area contributed by atoms with E-state index in [-0.39, 0.29) is 36.0 Å². The quantitative estimate of drug-likeness (QED) is 0.530. The largest absolute Gasteiger partial charge is 0.383 e. The fourth-order valence-electron chi connectivity index (χ4n) is 4.28. The number of halogens is 1. The zero-order chi connectivity index (χ0) is 23.3. The zero-order valence-corrected chi connectivity index (χ0v) is 19.5. The van der Waals surface area contributed by atoms with Crippen LogP contribution in [0.25, 0.3) is 0 Å². The van der Waals surface area contributed by atoms with Crippen LogP contribution in [0.15, 0.2) is 33.9 Å². The van der Waals surface area contributed by atoms with Crippen LogP contribution in [-0.4, -0.2) is 28.0 Å². The van der Waals surface area contributed by atoms with Crippen molar-refractivity contribution in [1.82, 2.24) is 14.9 Å². The van der Waals surface area contributed by atoms with E-state index >= 15 is 0 Å². The molecule has 1 aromatic heterocycles. The van der Waals surface area contributed by atoms with Gasteiger partial charge in [-0.05, 0) is 37.8 Å². The normalized spacial score (nSPS) is 15.1. The van der Waals surface area contributed by atoms with Crippen molar-refractivity contribution in [3.8, 4) is 0 Å². The Morgan fingerprint density at radius 1 is 1.31 bits per heavy atom. The molecule has 174 valence electrons. The molecule has 1 fully saturated rings. The number of benzene rings is 1. The summed E-state index contributed by atoms with van der Waals surface area (Å²) in [5.41, 5.74) is 6.10. The third-order valence-corrected chi connectivity index (χ3v) is 6.42. The molecule has 1 aromatic carbocycles. The molecular weight excluding hydrogens is 430 g/mol. The summed E-state index contributed by atoms with van der Waals surface area (Å²) in [5, 5.41) is 3.84. The average molecular weight is 462 g/mol. The molecule has 0 bridgehead atoms. The third kappa shape index (κ3) is 5.24. The van der Waals surface area contributed by atoms with Gasteiger partial charge in [0, 0.05) is 23.7 Å². The van der Waals surface area contributed by atoms with E-state index in [2.05, 4.69) is 10.3 Å². The Morgan fingerprint density at radius 2 is 2.00 bits per heavy atom. The van der Waals surface area contributed by atoms with E-state index in [1.165, 1.54) is 9.47 Å². The first-order valence-electron chi connectivity index (χ1n) is 11.3. The molecule has 0 aliphatic heterocycles. The highest BCUT2D eigenvalue weighted by Gasteiger charge is 2.32. The lowest BCUT2D eigenvalue weighted by Crippen LogP contribution is -2.48.